The number of benzene rings is 1. The maximum Gasteiger partial charge on any atom is 0.337 e. The molecule has 0 atom stereocenters. The number of aryl methyl sites for hydroxylation is 1. The Kier molecular flexibility index (Phi) is 4.71. The number of rotatable bonds is 6. The van der Waals surface area contributed by atoms with Gasteiger partial charge in [0.25, 0.3) is 0 Å². The van der Waals surface area contributed by atoms with Gasteiger partial charge >= 0.3 is 5.97 Å². The van der Waals surface area contributed by atoms with Crippen molar-refractivity contribution in [2.24, 2.45) is 0 Å². The van der Waals surface area contributed by atoms with E-state index in [1.54, 1.807) is 6.07 Å². The normalized spacial score (nSPS) is 10.2. The summed E-state index contributed by atoms with van der Waals surface area (Å²) in [6.07, 6.45) is 4.84. The zero-order valence-corrected chi connectivity index (χ0v) is 11.5. The molecule has 0 aliphatic heterocycles. The van der Waals surface area contributed by atoms with Gasteiger partial charge in [-0.25, -0.2) is 9.78 Å². The van der Waals surface area contributed by atoms with Crippen molar-refractivity contribution < 1.29 is 9.90 Å². The van der Waals surface area contributed by atoms with Gasteiger partial charge in [-0.05, 0) is 42.7 Å². The first-order valence-corrected chi connectivity index (χ1v) is 6.74. The van der Waals surface area contributed by atoms with Crippen LogP contribution in [0.3, 0.4) is 0 Å². The van der Waals surface area contributed by atoms with Crippen molar-refractivity contribution in [3.63, 3.8) is 0 Å². The molecule has 0 aliphatic rings. The number of hydrogen-bond donors (Lipinski definition) is 2. The number of pyridine rings is 1. The lowest BCUT2D eigenvalue weighted by Crippen LogP contribution is -1.99. The predicted molar refractivity (Wildman–Crippen MR) is 79.5 cm³/mol. The van der Waals surface area contributed by atoms with Gasteiger partial charge in [0.15, 0.2) is 0 Å². The highest BCUT2D eigenvalue weighted by Crippen LogP contribution is 2.16. The summed E-state index contributed by atoms with van der Waals surface area (Å²) in [4.78, 5) is 14.8. The number of aromatic carboxylic acids is 1. The molecule has 1 heterocycles. The van der Waals surface area contributed by atoms with Gasteiger partial charge in [0.05, 0.1) is 5.56 Å². The van der Waals surface area contributed by atoms with Gasteiger partial charge in [0, 0.05) is 11.9 Å². The molecule has 0 amide bonds. The fourth-order valence-corrected chi connectivity index (χ4v) is 1.88. The molecular formula is C16H18N2O2. The van der Waals surface area contributed by atoms with Gasteiger partial charge in [-0.2, -0.15) is 0 Å². The molecule has 0 saturated heterocycles. The van der Waals surface area contributed by atoms with Gasteiger partial charge in [-0.3, -0.25) is 0 Å². The largest absolute Gasteiger partial charge is 0.478 e. The van der Waals surface area contributed by atoms with E-state index in [4.69, 9.17) is 5.11 Å². The quantitative estimate of drug-likeness (QED) is 0.836. The number of nitrogens with one attached hydrogen (secondary N) is 1. The Morgan fingerprint density at radius 2 is 1.95 bits per heavy atom. The number of carbonyl (C=O) groups is 1. The molecule has 0 saturated carbocycles. The van der Waals surface area contributed by atoms with Crippen LogP contribution >= 0.6 is 0 Å². The minimum Gasteiger partial charge on any atom is -0.478 e. The van der Waals surface area contributed by atoms with E-state index in [0.29, 0.717) is 5.82 Å². The maximum absolute atomic E-state index is 10.7. The van der Waals surface area contributed by atoms with Crippen LogP contribution in [0, 0.1) is 0 Å². The van der Waals surface area contributed by atoms with E-state index in [0.717, 1.165) is 12.1 Å². The Balaban J connectivity index is 2.00. The third-order valence-electron chi connectivity index (χ3n) is 3.06. The summed E-state index contributed by atoms with van der Waals surface area (Å²) in [6, 6.07) is 11.4. The minimum atomic E-state index is -0.968. The van der Waals surface area contributed by atoms with Crippen molar-refractivity contribution in [3.8, 4) is 0 Å². The predicted octanol–water partition coefficient (Wildman–Crippen LogP) is 3.87. The molecule has 0 fully saturated rings. The third-order valence-corrected chi connectivity index (χ3v) is 3.06. The van der Waals surface area contributed by atoms with Gasteiger partial charge in [-0.15, -0.1) is 0 Å². The number of aromatic nitrogens is 1. The highest BCUT2D eigenvalue weighted by molar-refractivity contribution is 5.87. The standard InChI is InChI=1S/C16H18N2O2/c1-2-3-4-12-5-8-14(9-6-12)18-15-10-7-13(11-17-15)16(19)20/h5-11H,2-4H2,1H3,(H,17,18)(H,19,20). The summed E-state index contributed by atoms with van der Waals surface area (Å²) in [6.45, 7) is 2.18. The number of nitrogens with zero attached hydrogens (tertiary/aromatic N) is 1. The van der Waals surface area contributed by atoms with Crippen LogP contribution in [0.4, 0.5) is 11.5 Å². The molecule has 4 nitrogen and oxygen atoms in total. The van der Waals surface area contributed by atoms with Crippen LogP contribution < -0.4 is 5.32 Å². The number of hydrogen-bond acceptors (Lipinski definition) is 3. The SMILES string of the molecule is CCCCc1ccc(Nc2ccc(C(=O)O)cn2)cc1. The number of carboxylic acid groups (broad SMARTS) is 1. The molecule has 2 N–H and O–H groups in total. The minimum absolute atomic E-state index is 0.186. The highest BCUT2D eigenvalue weighted by atomic mass is 16.4. The van der Waals surface area contributed by atoms with Crippen molar-refractivity contribution in [2.45, 2.75) is 26.2 Å². The van der Waals surface area contributed by atoms with Crippen LogP contribution in [0.2, 0.25) is 0 Å². The van der Waals surface area contributed by atoms with E-state index in [-0.39, 0.29) is 5.56 Å². The molecular weight excluding hydrogens is 252 g/mol. The van der Waals surface area contributed by atoms with Gasteiger partial charge in [-0.1, -0.05) is 25.5 Å². The highest BCUT2D eigenvalue weighted by Gasteiger charge is 2.03. The zero-order valence-electron chi connectivity index (χ0n) is 11.5. The van der Waals surface area contributed by atoms with E-state index in [1.807, 2.05) is 12.1 Å². The van der Waals surface area contributed by atoms with Gasteiger partial charge in [0.1, 0.15) is 5.82 Å². The lowest BCUT2D eigenvalue weighted by atomic mass is 10.1. The molecule has 1 aromatic heterocycles. The first-order chi connectivity index (χ1) is 9.69. The lowest BCUT2D eigenvalue weighted by molar-refractivity contribution is 0.0696. The summed E-state index contributed by atoms with van der Waals surface area (Å²) >= 11 is 0. The Labute approximate surface area is 118 Å². The molecule has 0 unspecified atom stereocenters. The molecule has 0 radical (unpaired) electrons. The van der Waals surface area contributed by atoms with Crippen molar-refractivity contribution in [1.29, 1.82) is 0 Å². The van der Waals surface area contributed by atoms with Crippen LogP contribution in [0.25, 0.3) is 0 Å². The zero-order chi connectivity index (χ0) is 14.4. The van der Waals surface area contributed by atoms with E-state index >= 15 is 0 Å². The van der Waals surface area contributed by atoms with Crippen LogP contribution in [0.1, 0.15) is 35.7 Å². The number of unbranched alkanes of at least 4 members (excludes halogenated alkanes) is 1. The topological polar surface area (TPSA) is 62.2 Å². The van der Waals surface area contributed by atoms with Crippen LogP contribution in [0.15, 0.2) is 42.6 Å². The van der Waals surface area contributed by atoms with E-state index < -0.39 is 5.97 Å². The summed E-state index contributed by atoms with van der Waals surface area (Å²) < 4.78 is 0. The molecule has 4 heteroatoms. The summed E-state index contributed by atoms with van der Waals surface area (Å²) in [5, 5.41) is 12.0. The molecule has 104 valence electrons. The second-order valence-corrected chi connectivity index (χ2v) is 4.66. The van der Waals surface area contributed by atoms with Gasteiger partial charge < -0.3 is 10.4 Å². The second-order valence-electron chi connectivity index (χ2n) is 4.66. The Hall–Kier alpha value is -2.36. The second kappa shape index (κ2) is 6.70. The fourth-order valence-electron chi connectivity index (χ4n) is 1.88. The van der Waals surface area contributed by atoms with Crippen molar-refractivity contribution in [2.75, 3.05) is 5.32 Å². The van der Waals surface area contributed by atoms with Crippen LogP contribution in [-0.4, -0.2) is 16.1 Å². The summed E-state index contributed by atoms with van der Waals surface area (Å²) in [5.74, 6) is -0.333. The Morgan fingerprint density at radius 3 is 2.50 bits per heavy atom. The van der Waals surface area contributed by atoms with E-state index in [2.05, 4.69) is 29.4 Å². The average molecular weight is 270 g/mol. The lowest BCUT2D eigenvalue weighted by Gasteiger charge is -2.07. The first-order valence-electron chi connectivity index (χ1n) is 6.74. The molecule has 0 spiro atoms. The fraction of sp³-hybridized carbons (Fsp3) is 0.250. The molecule has 0 bridgehead atoms. The van der Waals surface area contributed by atoms with Crippen molar-refractivity contribution >= 4 is 17.5 Å². The average Bonchev–Trinajstić information content (AvgIpc) is 2.47. The smallest absolute Gasteiger partial charge is 0.337 e. The number of carboxylic acids is 1. The van der Waals surface area contributed by atoms with E-state index in [9.17, 15) is 4.79 Å². The maximum atomic E-state index is 10.7. The molecule has 2 rings (SSSR count). The van der Waals surface area contributed by atoms with Crippen LogP contribution in [-0.2, 0) is 6.42 Å². The third kappa shape index (κ3) is 3.82. The first kappa shape index (κ1) is 14.1. The molecule has 0 aliphatic carbocycles. The molecule has 20 heavy (non-hydrogen) atoms. The summed E-state index contributed by atoms with van der Waals surface area (Å²) in [7, 11) is 0. The monoisotopic (exact) mass is 270 g/mol. The van der Waals surface area contributed by atoms with E-state index in [1.165, 1.54) is 30.7 Å². The Bertz CT molecular complexity index is 562. The number of anilines is 2. The van der Waals surface area contributed by atoms with Gasteiger partial charge in [0.2, 0.25) is 0 Å². The van der Waals surface area contributed by atoms with Crippen molar-refractivity contribution in [3.05, 3.63) is 53.7 Å². The summed E-state index contributed by atoms with van der Waals surface area (Å²) in [5.41, 5.74) is 2.46. The van der Waals surface area contributed by atoms with Crippen molar-refractivity contribution in [1.82, 2.24) is 4.98 Å². The molecule has 2 aromatic rings. The van der Waals surface area contributed by atoms with Crippen LogP contribution in [0.5, 0.6) is 0 Å². The molecule has 1 aromatic carbocycles. The Morgan fingerprint density at radius 1 is 1.20 bits per heavy atom.